The van der Waals surface area contributed by atoms with Gasteiger partial charge in [-0.2, -0.15) is 13.2 Å². The molecule has 2 atom stereocenters. The van der Waals surface area contributed by atoms with Crippen LogP contribution in [0.5, 0.6) is 0 Å². The van der Waals surface area contributed by atoms with Gasteiger partial charge in [-0.3, -0.25) is 4.40 Å². The van der Waals surface area contributed by atoms with Crippen molar-refractivity contribution in [3.8, 4) is 11.4 Å². The Morgan fingerprint density at radius 1 is 1.23 bits per heavy atom. The maximum Gasteiger partial charge on any atom is 0.421 e. The number of imidazole rings is 1. The quantitative estimate of drug-likeness (QED) is 0.607. The smallest absolute Gasteiger partial charge is 0.376 e. The normalized spacial score (nSPS) is 22.4. The Morgan fingerprint density at radius 2 is 2.03 bits per heavy atom. The van der Waals surface area contributed by atoms with Crippen molar-refractivity contribution in [3.05, 3.63) is 48.3 Å². The second-order valence-electron chi connectivity index (χ2n) is 8.46. The van der Waals surface area contributed by atoms with Crippen molar-refractivity contribution < 1.29 is 18.3 Å². The lowest BCUT2D eigenvalue weighted by molar-refractivity contribution is -0.259. The van der Waals surface area contributed by atoms with Gasteiger partial charge in [0.05, 0.1) is 17.6 Å². The van der Waals surface area contributed by atoms with E-state index in [0.29, 0.717) is 28.5 Å². The van der Waals surface area contributed by atoms with Crippen molar-refractivity contribution in [3.63, 3.8) is 0 Å². The number of pyridine rings is 2. The van der Waals surface area contributed by atoms with Crippen LogP contribution in [0, 0.1) is 5.41 Å². The van der Waals surface area contributed by atoms with E-state index in [1.165, 1.54) is 35.6 Å². The number of aromatic nitrogens is 3. The lowest BCUT2D eigenvalue weighted by atomic mass is 9.97. The highest BCUT2D eigenvalue weighted by molar-refractivity contribution is 5.62. The summed E-state index contributed by atoms with van der Waals surface area (Å²) in [7, 11) is 0. The number of rotatable bonds is 4. The zero-order valence-corrected chi connectivity index (χ0v) is 16.4. The van der Waals surface area contributed by atoms with E-state index in [4.69, 9.17) is 0 Å². The largest absolute Gasteiger partial charge is 0.421 e. The molecule has 1 aliphatic heterocycles. The molecule has 1 saturated heterocycles. The summed E-state index contributed by atoms with van der Waals surface area (Å²) >= 11 is 0. The van der Waals surface area contributed by atoms with Crippen LogP contribution >= 0.6 is 0 Å². The minimum Gasteiger partial charge on any atom is -0.376 e. The average molecular weight is 417 g/mol. The molecule has 2 aliphatic rings. The van der Waals surface area contributed by atoms with Crippen molar-refractivity contribution in [2.45, 2.75) is 37.6 Å². The van der Waals surface area contributed by atoms with Crippen molar-refractivity contribution in [2.24, 2.45) is 5.41 Å². The molecule has 3 aromatic rings. The molecule has 30 heavy (non-hydrogen) atoms. The molecule has 0 aromatic carbocycles. The van der Waals surface area contributed by atoms with Crippen LogP contribution in [0.2, 0.25) is 0 Å². The molecule has 3 aromatic heterocycles. The van der Waals surface area contributed by atoms with Crippen LogP contribution in [0.3, 0.4) is 0 Å². The first-order valence-corrected chi connectivity index (χ1v) is 9.91. The Kier molecular flexibility index (Phi) is 4.14. The number of halogens is 3. The molecule has 2 fully saturated rings. The zero-order valence-electron chi connectivity index (χ0n) is 16.4. The van der Waals surface area contributed by atoms with Gasteiger partial charge in [-0.05, 0) is 38.0 Å². The van der Waals surface area contributed by atoms with Crippen LogP contribution in [-0.2, 0) is 5.60 Å². The van der Waals surface area contributed by atoms with E-state index in [1.54, 1.807) is 12.3 Å². The van der Waals surface area contributed by atoms with E-state index in [1.807, 2.05) is 12.1 Å². The van der Waals surface area contributed by atoms with Crippen LogP contribution in [0.15, 0.2) is 42.7 Å². The van der Waals surface area contributed by atoms with Gasteiger partial charge in [0.1, 0.15) is 11.5 Å². The van der Waals surface area contributed by atoms with Gasteiger partial charge in [0.25, 0.3) is 0 Å². The van der Waals surface area contributed by atoms with Crippen molar-refractivity contribution in [1.29, 1.82) is 0 Å². The summed E-state index contributed by atoms with van der Waals surface area (Å²) in [6.45, 7) is 2.65. The number of aliphatic hydroxyl groups is 1. The molecule has 0 radical (unpaired) electrons. The van der Waals surface area contributed by atoms with Crippen LogP contribution < -0.4 is 10.6 Å². The van der Waals surface area contributed by atoms with E-state index in [-0.39, 0.29) is 5.56 Å². The first kappa shape index (κ1) is 19.3. The maximum atomic E-state index is 13.3. The zero-order chi connectivity index (χ0) is 21.1. The molecular formula is C21H22F3N5O. The van der Waals surface area contributed by atoms with Gasteiger partial charge < -0.3 is 15.7 Å². The number of alkyl halides is 3. The van der Waals surface area contributed by atoms with Gasteiger partial charge in [-0.1, -0.05) is 12.1 Å². The molecule has 4 heterocycles. The van der Waals surface area contributed by atoms with E-state index in [9.17, 15) is 18.3 Å². The second kappa shape index (κ2) is 6.42. The molecule has 1 aliphatic carbocycles. The first-order chi connectivity index (χ1) is 14.2. The predicted molar refractivity (Wildman–Crippen MR) is 106 cm³/mol. The highest BCUT2D eigenvalue weighted by Crippen LogP contribution is 2.51. The molecule has 1 saturated carbocycles. The van der Waals surface area contributed by atoms with E-state index < -0.39 is 11.8 Å². The summed E-state index contributed by atoms with van der Waals surface area (Å²) in [4.78, 5) is 8.95. The third-order valence-electron chi connectivity index (χ3n) is 6.41. The Morgan fingerprint density at radius 3 is 2.77 bits per heavy atom. The van der Waals surface area contributed by atoms with Crippen molar-refractivity contribution in [1.82, 2.24) is 19.7 Å². The van der Waals surface area contributed by atoms with Crippen LogP contribution in [0.4, 0.5) is 19.0 Å². The van der Waals surface area contributed by atoms with Crippen LogP contribution in [-0.4, -0.2) is 44.8 Å². The number of hydrogen-bond donors (Lipinski definition) is 3. The molecule has 0 bridgehead atoms. The highest BCUT2D eigenvalue weighted by atomic mass is 19.4. The van der Waals surface area contributed by atoms with Gasteiger partial charge in [-0.25, -0.2) is 9.97 Å². The third-order valence-corrected chi connectivity index (χ3v) is 6.41. The molecule has 1 unspecified atom stereocenters. The Hall–Kier alpha value is -2.65. The third kappa shape index (κ3) is 3.04. The van der Waals surface area contributed by atoms with Crippen molar-refractivity contribution >= 4 is 11.5 Å². The lowest BCUT2D eigenvalue weighted by Gasteiger charge is -2.26. The van der Waals surface area contributed by atoms with E-state index in [2.05, 4.69) is 20.6 Å². The van der Waals surface area contributed by atoms with Crippen molar-refractivity contribution in [2.75, 3.05) is 18.4 Å². The summed E-state index contributed by atoms with van der Waals surface area (Å²) in [5.74, 6) is 0.723. The predicted octanol–water partition coefficient (Wildman–Crippen LogP) is 3.33. The number of nitrogens with one attached hydrogen (secondary N) is 2. The van der Waals surface area contributed by atoms with Crippen LogP contribution in [0.25, 0.3) is 17.0 Å². The molecule has 3 N–H and O–H groups in total. The SMILES string of the molecule is CC(O)(c1ccc2ncc(-c3cccc(N[C@H]4CNCC45CC5)n3)n2c1)C(F)(F)F. The Labute approximate surface area is 171 Å². The number of fused-ring (bicyclic) bond motifs is 1. The lowest BCUT2D eigenvalue weighted by Crippen LogP contribution is -2.39. The fraction of sp³-hybridized carbons (Fsp3) is 0.429. The summed E-state index contributed by atoms with van der Waals surface area (Å²) < 4.78 is 41.4. The van der Waals surface area contributed by atoms with E-state index in [0.717, 1.165) is 25.8 Å². The van der Waals surface area contributed by atoms with Gasteiger partial charge in [0, 0.05) is 36.3 Å². The Balaban J connectivity index is 1.50. The molecule has 158 valence electrons. The summed E-state index contributed by atoms with van der Waals surface area (Å²) in [5.41, 5.74) is -1.29. The first-order valence-electron chi connectivity index (χ1n) is 9.91. The molecule has 9 heteroatoms. The summed E-state index contributed by atoms with van der Waals surface area (Å²) in [6.07, 6.45) is 0.455. The second-order valence-corrected chi connectivity index (χ2v) is 8.46. The molecular weight excluding hydrogens is 395 g/mol. The minimum atomic E-state index is -4.79. The topological polar surface area (TPSA) is 74.5 Å². The molecule has 5 rings (SSSR count). The highest BCUT2D eigenvalue weighted by Gasteiger charge is 2.52. The van der Waals surface area contributed by atoms with Gasteiger partial charge in [0.15, 0.2) is 5.60 Å². The van der Waals surface area contributed by atoms with E-state index >= 15 is 0 Å². The monoisotopic (exact) mass is 417 g/mol. The summed E-state index contributed by atoms with van der Waals surface area (Å²) in [6, 6.07) is 8.57. The van der Waals surface area contributed by atoms with Gasteiger partial charge in [-0.15, -0.1) is 0 Å². The Bertz CT molecular complexity index is 1100. The fourth-order valence-corrected chi connectivity index (χ4v) is 4.15. The number of nitrogens with zero attached hydrogens (tertiary/aromatic N) is 3. The van der Waals surface area contributed by atoms with Gasteiger partial charge in [0.2, 0.25) is 0 Å². The standard InChI is InChI=1S/C21H22F3N5O/c1-19(30,21(22,23)24)13-5-6-18-26-9-15(29(18)11-13)14-3-2-4-17(27-14)28-16-10-25-12-20(16)7-8-20/h2-6,9,11,16,25,30H,7-8,10,12H2,1H3,(H,27,28)/t16-,19?/m0/s1. The molecule has 1 spiro atoms. The van der Waals surface area contributed by atoms with Gasteiger partial charge >= 0.3 is 6.18 Å². The number of hydrogen-bond acceptors (Lipinski definition) is 5. The fourth-order valence-electron chi connectivity index (χ4n) is 4.15. The summed E-state index contributed by atoms with van der Waals surface area (Å²) in [5, 5.41) is 17.0. The maximum absolute atomic E-state index is 13.3. The minimum absolute atomic E-state index is 0.260. The number of anilines is 1. The van der Waals surface area contributed by atoms with Crippen LogP contribution in [0.1, 0.15) is 25.3 Å². The molecule has 0 amide bonds. The average Bonchev–Trinajstić information content (AvgIpc) is 3.19. The molecule has 6 nitrogen and oxygen atoms in total.